The summed E-state index contributed by atoms with van der Waals surface area (Å²) >= 11 is 0. The van der Waals surface area contributed by atoms with E-state index in [4.69, 9.17) is 10.2 Å². The zero-order valence-corrected chi connectivity index (χ0v) is 14.2. The molecule has 0 aliphatic carbocycles. The van der Waals surface area contributed by atoms with Crippen LogP contribution in [0.3, 0.4) is 0 Å². The van der Waals surface area contributed by atoms with Gasteiger partial charge in [0.05, 0.1) is 10.8 Å². The first-order chi connectivity index (χ1) is 11.7. The summed E-state index contributed by atoms with van der Waals surface area (Å²) in [6, 6.07) is 5.66. The Balaban J connectivity index is 2.00. The Morgan fingerprint density at radius 2 is 2.08 bits per heavy atom. The van der Waals surface area contributed by atoms with E-state index in [1.165, 1.54) is 23.1 Å². The number of nitrogens with one attached hydrogen (secondary N) is 1. The second-order valence-electron chi connectivity index (χ2n) is 5.74. The minimum absolute atomic E-state index is 0.00433. The fraction of sp³-hybridized carbons (Fsp3) is 0.400. The zero-order valence-electron chi connectivity index (χ0n) is 13.3. The van der Waals surface area contributed by atoms with Crippen LogP contribution in [-0.2, 0) is 24.4 Å². The number of carboxylic acid groups (broad SMARTS) is 1. The molecule has 1 atom stereocenters. The lowest BCUT2D eigenvalue weighted by Gasteiger charge is -2.17. The van der Waals surface area contributed by atoms with Gasteiger partial charge in [0.2, 0.25) is 21.8 Å². The molecular weight excluding hydrogens is 350 g/mol. The van der Waals surface area contributed by atoms with E-state index in [2.05, 4.69) is 5.32 Å². The average molecular weight is 369 g/mol. The van der Waals surface area contributed by atoms with Crippen molar-refractivity contribution in [3.05, 3.63) is 24.3 Å². The third kappa shape index (κ3) is 5.00. The lowest BCUT2D eigenvalue weighted by Crippen LogP contribution is -2.33. The SMILES string of the molecule is NS(=O)(=O)c1cccc(N2CC(C(=O)NCCCC(=O)O)CC2=O)c1. The Morgan fingerprint density at radius 3 is 2.72 bits per heavy atom. The zero-order chi connectivity index (χ0) is 18.6. The van der Waals surface area contributed by atoms with E-state index < -0.39 is 21.9 Å². The van der Waals surface area contributed by atoms with Crippen molar-refractivity contribution >= 4 is 33.5 Å². The molecule has 136 valence electrons. The molecule has 4 N–H and O–H groups in total. The Morgan fingerprint density at radius 1 is 1.36 bits per heavy atom. The Kier molecular flexibility index (Phi) is 5.75. The van der Waals surface area contributed by atoms with Crippen LogP contribution in [0.2, 0.25) is 0 Å². The average Bonchev–Trinajstić information content (AvgIpc) is 2.92. The van der Waals surface area contributed by atoms with Gasteiger partial charge in [0.25, 0.3) is 0 Å². The Labute approximate surface area is 144 Å². The van der Waals surface area contributed by atoms with Crippen LogP contribution < -0.4 is 15.4 Å². The smallest absolute Gasteiger partial charge is 0.303 e. The third-order valence-corrected chi connectivity index (χ3v) is 4.73. The summed E-state index contributed by atoms with van der Waals surface area (Å²) in [6.45, 7) is 0.342. The van der Waals surface area contributed by atoms with Crippen LogP contribution in [0.4, 0.5) is 5.69 Å². The normalized spacial score (nSPS) is 17.6. The van der Waals surface area contributed by atoms with Gasteiger partial charge < -0.3 is 15.3 Å². The molecule has 1 saturated heterocycles. The number of carbonyl (C=O) groups is 3. The van der Waals surface area contributed by atoms with Gasteiger partial charge in [-0.15, -0.1) is 0 Å². The van der Waals surface area contributed by atoms with Gasteiger partial charge in [0, 0.05) is 31.6 Å². The van der Waals surface area contributed by atoms with E-state index in [0.29, 0.717) is 12.1 Å². The molecule has 1 fully saturated rings. The summed E-state index contributed by atoms with van der Waals surface area (Å²) in [5.41, 5.74) is 0.359. The van der Waals surface area contributed by atoms with Gasteiger partial charge >= 0.3 is 5.97 Å². The van der Waals surface area contributed by atoms with Crippen molar-refractivity contribution < 1.29 is 27.9 Å². The minimum atomic E-state index is -3.89. The molecule has 25 heavy (non-hydrogen) atoms. The number of carbonyl (C=O) groups excluding carboxylic acids is 2. The van der Waals surface area contributed by atoms with E-state index in [1.54, 1.807) is 6.07 Å². The molecule has 1 aliphatic rings. The highest BCUT2D eigenvalue weighted by Gasteiger charge is 2.35. The molecule has 1 heterocycles. The maximum absolute atomic E-state index is 12.2. The van der Waals surface area contributed by atoms with Gasteiger partial charge in [-0.05, 0) is 24.6 Å². The summed E-state index contributed by atoms with van der Waals surface area (Å²) in [4.78, 5) is 35.9. The first kappa shape index (κ1) is 18.9. The van der Waals surface area contributed by atoms with Crippen LogP contribution in [0.5, 0.6) is 0 Å². The van der Waals surface area contributed by atoms with Crippen molar-refractivity contribution in [2.45, 2.75) is 24.2 Å². The predicted octanol–water partition coefficient (Wildman–Crippen LogP) is -0.332. The molecular formula is C15H19N3O6S. The second-order valence-corrected chi connectivity index (χ2v) is 7.30. The van der Waals surface area contributed by atoms with E-state index in [0.717, 1.165) is 0 Å². The van der Waals surface area contributed by atoms with Crippen LogP contribution >= 0.6 is 0 Å². The molecule has 0 saturated carbocycles. The van der Waals surface area contributed by atoms with Crippen LogP contribution in [0.15, 0.2) is 29.2 Å². The quantitative estimate of drug-likeness (QED) is 0.561. The van der Waals surface area contributed by atoms with E-state index in [9.17, 15) is 22.8 Å². The minimum Gasteiger partial charge on any atom is -0.481 e. The van der Waals surface area contributed by atoms with Gasteiger partial charge in [-0.1, -0.05) is 6.07 Å². The fourth-order valence-electron chi connectivity index (χ4n) is 2.56. The second kappa shape index (κ2) is 7.62. The summed E-state index contributed by atoms with van der Waals surface area (Å²) in [6.07, 6.45) is 0.266. The highest BCUT2D eigenvalue weighted by Crippen LogP contribution is 2.26. The third-order valence-electron chi connectivity index (χ3n) is 3.82. The first-order valence-corrected chi connectivity index (χ1v) is 9.16. The highest BCUT2D eigenvalue weighted by molar-refractivity contribution is 7.89. The number of nitrogens with zero attached hydrogens (tertiary/aromatic N) is 1. The molecule has 2 rings (SSSR count). The van der Waals surface area contributed by atoms with Gasteiger partial charge in [-0.2, -0.15) is 0 Å². The number of hydrogen-bond acceptors (Lipinski definition) is 5. The van der Waals surface area contributed by atoms with Gasteiger partial charge in [0.1, 0.15) is 0 Å². The molecule has 1 aromatic carbocycles. The van der Waals surface area contributed by atoms with Crippen molar-refractivity contribution in [3.8, 4) is 0 Å². The maximum Gasteiger partial charge on any atom is 0.303 e. The summed E-state index contributed by atoms with van der Waals surface area (Å²) in [7, 11) is -3.89. The van der Waals surface area contributed by atoms with Gasteiger partial charge in [-0.3, -0.25) is 14.4 Å². The number of rotatable bonds is 7. The van der Waals surface area contributed by atoms with Crippen molar-refractivity contribution in [2.75, 3.05) is 18.0 Å². The van der Waals surface area contributed by atoms with Crippen LogP contribution in [0.25, 0.3) is 0 Å². The molecule has 1 aliphatic heterocycles. The molecule has 0 radical (unpaired) electrons. The van der Waals surface area contributed by atoms with Gasteiger partial charge in [-0.25, -0.2) is 13.6 Å². The van der Waals surface area contributed by atoms with Crippen molar-refractivity contribution in [2.24, 2.45) is 11.1 Å². The number of carboxylic acids is 1. The first-order valence-electron chi connectivity index (χ1n) is 7.61. The van der Waals surface area contributed by atoms with E-state index in [-0.39, 0.29) is 42.6 Å². The van der Waals surface area contributed by atoms with E-state index in [1.807, 2.05) is 0 Å². The summed E-state index contributed by atoms with van der Waals surface area (Å²) in [5.74, 6) is -2.14. The monoisotopic (exact) mass is 369 g/mol. The highest BCUT2D eigenvalue weighted by atomic mass is 32.2. The number of anilines is 1. The molecule has 0 bridgehead atoms. The molecule has 2 amide bonds. The van der Waals surface area contributed by atoms with Crippen molar-refractivity contribution in [1.82, 2.24) is 5.32 Å². The van der Waals surface area contributed by atoms with E-state index >= 15 is 0 Å². The maximum atomic E-state index is 12.2. The number of nitrogens with two attached hydrogens (primary N) is 1. The predicted molar refractivity (Wildman–Crippen MR) is 88.2 cm³/mol. The Bertz CT molecular complexity index is 792. The number of hydrogen-bond donors (Lipinski definition) is 3. The van der Waals surface area contributed by atoms with Crippen molar-refractivity contribution in [3.63, 3.8) is 0 Å². The van der Waals surface area contributed by atoms with Crippen LogP contribution in [0, 0.1) is 5.92 Å². The number of primary sulfonamides is 1. The Hall–Kier alpha value is -2.46. The molecule has 0 spiro atoms. The number of aliphatic carboxylic acids is 1. The number of amides is 2. The van der Waals surface area contributed by atoms with Crippen LogP contribution in [-0.4, -0.2) is 44.4 Å². The lowest BCUT2D eigenvalue weighted by molar-refractivity contribution is -0.137. The lowest BCUT2D eigenvalue weighted by atomic mass is 10.1. The molecule has 9 nitrogen and oxygen atoms in total. The largest absolute Gasteiger partial charge is 0.481 e. The molecule has 1 aromatic rings. The topological polar surface area (TPSA) is 147 Å². The molecule has 10 heteroatoms. The summed E-state index contributed by atoms with van der Waals surface area (Å²) in [5, 5.41) is 16.2. The number of sulfonamides is 1. The summed E-state index contributed by atoms with van der Waals surface area (Å²) < 4.78 is 22.8. The molecule has 1 unspecified atom stereocenters. The van der Waals surface area contributed by atoms with Crippen LogP contribution in [0.1, 0.15) is 19.3 Å². The van der Waals surface area contributed by atoms with Gasteiger partial charge in [0.15, 0.2) is 0 Å². The molecule has 0 aromatic heterocycles. The number of benzene rings is 1. The standard InChI is InChI=1S/C15H19N3O6S/c16-25(23,24)12-4-1-3-11(8-12)18-9-10(7-13(18)19)15(22)17-6-2-5-14(20)21/h1,3-4,8,10H,2,5-7,9H2,(H,17,22)(H,20,21)(H2,16,23,24). The fourth-order valence-corrected chi connectivity index (χ4v) is 3.11. The van der Waals surface area contributed by atoms with Crippen molar-refractivity contribution in [1.29, 1.82) is 0 Å².